The molecule has 0 spiro atoms. The van der Waals surface area contributed by atoms with Gasteiger partial charge in [0.1, 0.15) is 0 Å². The van der Waals surface area contributed by atoms with Gasteiger partial charge in [0.2, 0.25) is 0 Å². The quantitative estimate of drug-likeness (QED) is 0.745. The Balaban J connectivity index is 1.67. The van der Waals surface area contributed by atoms with Crippen LogP contribution in [0.4, 0.5) is 0 Å². The van der Waals surface area contributed by atoms with Crippen LogP contribution in [-0.2, 0) is 0 Å². The van der Waals surface area contributed by atoms with Crippen LogP contribution in [0.1, 0.15) is 26.7 Å². The molecular formula is C12H25N3. The number of rotatable bonds is 4. The van der Waals surface area contributed by atoms with E-state index in [9.17, 15) is 0 Å². The second kappa shape index (κ2) is 4.40. The number of piperazine rings is 1. The first kappa shape index (κ1) is 11.4. The number of nitrogens with zero attached hydrogens (tertiary/aromatic N) is 2. The van der Waals surface area contributed by atoms with Crippen molar-refractivity contribution in [1.82, 2.24) is 9.80 Å². The largest absolute Gasteiger partial charge is 0.324 e. The van der Waals surface area contributed by atoms with Crippen molar-refractivity contribution in [1.29, 1.82) is 0 Å². The molecule has 2 N–H and O–H groups in total. The second-order valence-corrected chi connectivity index (χ2v) is 5.83. The zero-order valence-electron chi connectivity index (χ0n) is 10.2. The molecular weight excluding hydrogens is 186 g/mol. The van der Waals surface area contributed by atoms with Crippen molar-refractivity contribution in [3.05, 3.63) is 0 Å². The molecule has 15 heavy (non-hydrogen) atoms. The maximum Gasteiger partial charge on any atom is 0.0284 e. The predicted molar refractivity (Wildman–Crippen MR) is 63.9 cm³/mol. The van der Waals surface area contributed by atoms with Crippen molar-refractivity contribution in [3.63, 3.8) is 0 Å². The zero-order valence-corrected chi connectivity index (χ0v) is 10.2. The molecule has 2 aliphatic rings. The normalized spacial score (nSPS) is 27.2. The van der Waals surface area contributed by atoms with Crippen LogP contribution in [0.15, 0.2) is 0 Å². The lowest BCUT2D eigenvalue weighted by Gasteiger charge is -2.36. The van der Waals surface area contributed by atoms with Gasteiger partial charge in [-0.3, -0.25) is 4.90 Å². The summed E-state index contributed by atoms with van der Waals surface area (Å²) >= 11 is 0. The molecule has 1 aliphatic carbocycles. The van der Waals surface area contributed by atoms with Gasteiger partial charge in [0.15, 0.2) is 0 Å². The summed E-state index contributed by atoms with van der Waals surface area (Å²) in [5.74, 6) is 0.792. The zero-order chi connectivity index (χ0) is 10.9. The van der Waals surface area contributed by atoms with E-state index in [0.29, 0.717) is 0 Å². The lowest BCUT2D eigenvalue weighted by Crippen LogP contribution is -2.51. The second-order valence-electron chi connectivity index (χ2n) is 5.83. The van der Waals surface area contributed by atoms with Crippen LogP contribution in [0.5, 0.6) is 0 Å². The van der Waals surface area contributed by atoms with Crippen LogP contribution < -0.4 is 5.73 Å². The maximum atomic E-state index is 6.14. The van der Waals surface area contributed by atoms with E-state index in [4.69, 9.17) is 5.73 Å². The van der Waals surface area contributed by atoms with Crippen LogP contribution in [0.25, 0.3) is 0 Å². The SMILES string of the molecule is CC(C)CN1CCN(CC2(N)CC2)CC1. The Hall–Kier alpha value is -0.120. The van der Waals surface area contributed by atoms with Gasteiger partial charge in [0.05, 0.1) is 0 Å². The number of hydrogen-bond donors (Lipinski definition) is 1. The average molecular weight is 211 g/mol. The molecule has 1 saturated carbocycles. The summed E-state index contributed by atoms with van der Waals surface area (Å²) in [5, 5.41) is 0. The highest BCUT2D eigenvalue weighted by molar-refractivity contribution is 5.01. The van der Waals surface area contributed by atoms with Crippen molar-refractivity contribution >= 4 is 0 Å². The minimum Gasteiger partial charge on any atom is -0.324 e. The fraction of sp³-hybridized carbons (Fsp3) is 1.00. The standard InChI is InChI=1S/C12H25N3/c1-11(2)9-14-5-7-15(8-6-14)10-12(13)3-4-12/h11H,3-10,13H2,1-2H3. The summed E-state index contributed by atoms with van der Waals surface area (Å²) in [6, 6.07) is 0. The molecule has 1 heterocycles. The van der Waals surface area contributed by atoms with Gasteiger partial charge in [0.25, 0.3) is 0 Å². The summed E-state index contributed by atoms with van der Waals surface area (Å²) < 4.78 is 0. The fourth-order valence-electron chi connectivity index (χ4n) is 2.41. The van der Waals surface area contributed by atoms with Crippen molar-refractivity contribution in [2.75, 3.05) is 39.3 Å². The van der Waals surface area contributed by atoms with Crippen LogP contribution in [0.2, 0.25) is 0 Å². The maximum absolute atomic E-state index is 6.14. The summed E-state index contributed by atoms with van der Waals surface area (Å²) in [7, 11) is 0. The number of hydrogen-bond acceptors (Lipinski definition) is 3. The monoisotopic (exact) mass is 211 g/mol. The molecule has 2 fully saturated rings. The first-order valence-corrected chi connectivity index (χ1v) is 6.31. The van der Waals surface area contributed by atoms with E-state index in [1.165, 1.54) is 45.6 Å². The van der Waals surface area contributed by atoms with Crippen molar-refractivity contribution in [2.45, 2.75) is 32.2 Å². The summed E-state index contributed by atoms with van der Waals surface area (Å²) in [4.78, 5) is 5.13. The van der Waals surface area contributed by atoms with Gasteiger partial charge in [0, 0.05) is 44.8 Å². The average Bonchev–Trinajstić information content (AvgIpc) is 2.86. The van der Waals surface area contributed by atoms with Gasteiger partial charge >= 0.3 is 0 Å². The highest BCUT2D eigenvalue weighted by Gasteiger charge is 2.39. The third kappa shape index (κ3) is 3.44. The molecule has 0 aromatic rings. The molecule has 0 bridgehead atoms. The Morgan fingerprint density at radius 2 is 1.60 bits per heavy atom. The van der Waals surface area contributed by atoms with Gasteiger partial charge in [-0.05, 0) is 18.8 Å². The molecule has 0 atom stereocenters. The van der Waals surface area contributed by atoms with E-state index in [1.807, 2.05) is 0 Å². The van der Waals surface area contributed by atoms with E-state index in [1.54, 1.807) is 0 Å². The molecule has 0 aromatic carbocycles. The smallest absolute Gasteiger partial charge is 0.0284 e. The van der Waals surface area contributed by atoms with E-state index in [2.05, 4.69) is 23.6 Å². The highest BCUT2D eigenvalue weighted by atomic mass is 15.3. The van der Waals surface area contributed by atoms with Gasteiger partial charge in [-0.15, -0.1) is 0 Å². The summed E-state index contributed by atoms with van der Waals surface area (Å²) in [5.41, 5.74) is 6.33. The molecule has 0 radical (unpaired) electrons. The topological polar surface area (TPSA) is 32.5 Å². The molecule has 1 saturated heterocycles. The van der Waals surface area contributed by atoms with Gasteiger partial charge in [-0.1, -0.05) is 13.8 Å². The minimum atomic E-state index is 0.195. The van der Waals surface area contributed by atoms with Crippen molar-refractivity contribution in [2.24, 2.45) is 11.7 Å². The first-order valence-electron chi connectivity index (χ1n) is 6.31. The van der Waals surface area contributed by atoms with E-state index < -0.39 is 0 Å². The molecule has 0 amide bonds. The van der Waals surface area contributed by atoms with Crippen molar-refractivity contribution in [3.8, 4) is 0 Å². The van der Waals surface area contributed by atoms with Crippen LogP contribution in [0.3, 0.4) is 0 Å². The van der Waals surface area contributed by atoms with E-state index >= 15 is 0 Å². The van der Waals surface area contributed by atoms with Crippen LogP contribution in [-0.4, -0.2) is 54.6 Å². The fourth-order valence-corrected chi connectivity index (χ4v) is 2.41. The molecule has 1 aliphatic heterocycles. The molecule has 2 rings (SSSR count). The molecule has 0 unspecified atom stereocenters. The lowest BCUT2D eigenvalue weighted by molar-refractivity contribution is 0.115. The van der Waals surface area contributed by atoms with Crippen LogP contribution in [0, 0.1) is 5.92 Å². The summed E-state index contributed by atoms with van der Waals surface area (Å²) in [6.07, 6.45) is 2.47. The van der Waals surface area contributed by atoms with Crippen LogP contribution >= 0.6 is 0 Å². The molecule has 3 heteroatoms. The highest BCUT2D eigenvalue weighted by Crippen LogP contribution is 2.33. The Morgan fingerprint density at radius 3 is 2.07 bits per heavy atom. The predicted octanol–water partition coefficient (Wildman–Crippen LogP) is 0.751. The lowest BCUT2D eigenvalue weighted by atomic mass is 10.2. The van der Waals surface area contributed by atoms with Gasteiger partial charge < -0.3 is 10.6 Å². The Bertz CT molecular complexity index is 203. The first-order chi connectivity index (χ1) is 7.07. The molecule has 88 valence electrons. The summed E-state index contributed by atoms with van der Waals surface area (Å²) in [6.45, 7) is 11.9. The van der Waals surface area contributed by atoms with Crippen molar-refractivity contribution < 1.29 is 0 Å². The Labute approximate surface area is 93.6 Å². The molecule has 0 aromatic heterocycles. The minimum absolute atomic E-state index is 0.195. The third-order valence-corrected chi connectivity index (χ3v) is 3.52. The number of nitrogens with two attached hydrogens (primary N) is 1. The molecule has 3 nitrogen and oxygen atoms in total. The van der Waals surface area contributed by atoms with E-state index in [0.717, 1.165) is 12.5 Å². The van der Waals surface area contributed by atoms with E-state index in [-0.39, 0.29) is 5.54 Å². The Kier molecular flexibility index (Phi) is 3.33. The third-order valence-electron chi connectivity index (χ3n) is 3.52. The Morgan fingerprint density at radius 1 is 1.07 bits per heavy atom. The van der Waals surface area contributed by atoms with Gasteiger partial charge in [-0.2, -0.15) is 0 Å². The van der Waals surface area contributed by atoms with Gasteiger partial charge in [-0.25, -0.2) is 0 Å².